The Balaban J connectivity index is 3.04. The normalized spacial score (nSPS) is 11.6. The molecule has 1 aromatic carbocycles. The highest BCUT2D eigenvalue weighted by Crippen LogP contribution is 2.20. The number of carbonyl (C=O) groups is 1. The third-order valence-electron chi connectivity index (χ3n) is 2.66. The summed E-state index contributed by atoms with van der Waals surface area (Å²) >= 11 is 0. The zero-order chi connectivity index (χ0) is 15.3. The van der Waals surface area contributed by atoms with Crippen LogP contribution in [0.4, 0.5) is 4.39 Å². The number of aryl methyl sites for hydroxylation is 1. The van der Waals surface area contributed by atoms with Gasteiger partial charge in [0.15, 0.2) is 9.84 Å². The number of aromatic carboxylic acids is 1. The molecule has 0 aliphatic rings. The van der Waals surface area contributed by atoms with Crippen molar-refractivity contribution >= 4 is 15.8 Å². The first-order chi connectivity index (χ1) is 9.29. The SMILES string of the molecule is CCCOCCS(=O)(=O)c1cc(C)c(F)c(C(=O)O)c1. The van der Waals surface area contributed by atoms with Gasteiger partial charge in [0.2, 0.25) is 0 Å². The van der Waals surface area contributed by atoms with Gasteiger partial charge in [-0.15, -0.1) is 0 Å². The molecule has 0 bridgehead atoms. The number of hydrogen-bond donors (Lipinski definition) is 1. The van der Waals surface area contributed by atoms with Crippen molar-refractivity contribution in [3.8, 4) is 0 Å². The van der Waals surface area contributed by atoms with Crippen molar-refractivity contribution in [1.29, 1.82) is 0 Å². The number of benzene rings is 1. The van der Waals surface area contributed by atoms with Crippen LogP contribution in [0.25, 0.3) is 0 Å². The van der Waals surface area contributed by atoms with E-state index in [9.17, 15) is 17.6 Å². The molecule has 7 heteroatoms. The number of carboxylic acid groups (broad SMARTS) is 1. The summed E-state index contributed by atoms with van der Waals surface area (Å²) in [7, 11) is -3.69. The van der Waals surface area contributed by atoms with Gasteiger partial charge in [-0.2, -0.15) is 0 Å². The Hall–Kier alpha value is -1.47. The minimum absolute atomic E-state index is 0.0158. The number of hydrogen-bond acceptors (Lipinski definition) is 4. The zero-order valence-electron chi connectivity index (χ0n) is 11.3. The van der Waals surface area contributed by atoms with Gasteiger partial charge in [0.05, 0.1) is 22.8 Å². The minimum Gasteiger partial charge on any atom is -0.478 e. The first kappa shape index (κ1) is 16.6. The van der Waals surface area contributed by atoms with Gasteiger partial charge in [-0.3, -0.25) is 0 Å². The molecule has 0 radical (unpaired) electrons. The van der Waals surface area contributed by atoms with Crippen LogP contribution in [0.3, 0.4) is 0 Å². The number of carboxylic acids is 1. The molecule has 0 saturated heterocycles. The molecule has 5 nitrogen and oxygen atoms in total. The van der Waals surface area contributed by atoms with Gasteiger partial charge in [0.25, 0.3) is 0 Å². The van der Waals surface area contributed by atoms with Crippen molar-refractivity contribution < 1.29 is 27.4 Å². The van der Waals surface area contributed by atoms with E-state index in [1.165, 1.54) is 6.92 Å². The maximum atomic E-state index is 13.6. The van der Waals surface area contributed by atoms with Crippen LogP contribution >= 0.6 is 0 Å². The molecule has 0 saturated carbocycles. The summed E-state index contributed by atoms with van der Waals surface area (Å²) in [5.41, 5.74) is -0.656. The van der Waals surface area contributed by atoms with E-state index in [2.05, 4.69) is 0 Å². The van der Waals surface area contributed by atoms with Crippen LogP contribution in [-0.2, 0) is 14.6 Å². The van der Waals surface area contributed by atoms with Crippen molar-refractivity contribution in [2.24, 2.45) is 0 Å². The van der Waals surface area contributed by atoms with E-state index in [-0.39, 0.29) is 22.8 Å². The predicted molar refractivity (Wildman–Crippen MR) is 71.3 cm³/mol. The molecule has 1 aromatic rings. The van der Waals surface area contributed by atoms with Crippen LogP contribution in [-0.4, -0.2) is 38.5 Å². The van der Waals surface area contributed by atoms with Gasteiger partial charge in [0, 0.05) is 6.61 Å². The molecule has 112 valence electrons. The maximum Gasteiger partial charge on any atom is 0.338 e. The molecule has 0 aromatic heterocycles. The van der Waals surface area contributed by atoms with E-state index in [4.69, 9.17) is 9.84 Å². The molecule has 1 rings (SSSR count). The van der Waals surface area contributed by atoms with E-state index in [1.54, 1.807) is 0 Å². The topological polar surface area (TPSA) is 80.7 Å². The number of halogens is 1. The Bertz CT molecular complexity index is 595. The predicted octanol–water partition coefficient (Wildman–Crippen LogP) is 2.03. The first-order valence-corrected chi connectivity index (χ1v) is 7.78. The highest BCUT2D eigenvalue weighted by molar-refractivity contribution is 7.91. The van der Waals surface area contributed by atoms with Gasteiger partial charge in [-0.05, 0) is 31.0 Å². The molecule has 0 heterocycles. The molecular formula is C13H17FO5S. The summed E-state index contributed by atoms with van der Waals surface area (Å²) in [6.45, 7) is 3.71. The molecule has 0 spiro atoms. The fourth-order valence-electron chi connectivity index (χ4n) is 1.60. The van der Waals surface area contributed by atoms with Gasteiger partial charge in [-0.25, -0.2) is 17.6 Å². The average molecular weight is 304 g/mol. The quantitative estimate of drug-likeness (QED) is 0.616. The van der Waals surface area contributed by atoms with Crippen molar-refractivity contribution in [2.75, 3.05) is 19.0 Å². The highest BCUT2D eigenvalue weighted by Gasteiger charge is 2.21. The Morgan fingerprint density at radius 3 is 2.55 bits per heavy atom. The van der Waals surface area contributed by atoms with Gasteiger partial charge < -0.3 is 9.84 Å². The zero-order valence-corrected chi connectivity index (χ0v) is 12.2. The maximum absolute atomic E-state index is 13.6. The lowest BCUT2D eigenvalue weighted by Crippen LogP contribution is -2.15. The van der Waals surface area contributed by atoms with Gasteiger partial charge in [-0.1, -0.05) is 6.92 Å². The monoisotopic (exact) mass is 304 g/mol. The Morgan fingerprint density at radius 2 is 2.00 bits per heavy atom. The largest absolute Gasteiger partial charge is 0.478 e. The van der Waals surface area contributed by atoms with Crippen LogP contribution in [0.1, 0.15) is 29.3 Å². The lowest BCUT2D eigenvalue weighted by Gasteiger charge is -2.08. The first-order valence-electron chi connectivity index (χ1n) is 6.13. The molecule has 0 atom stereocenters. The summed E-state index contributed by atoms with van der Waals surface area (Å²) in [5, 5.41) is 8.87. The van der Waals surface area contributed by atoms with Crippen molar-refractivity contribution in [2.45, 2.75) is 25.2 Å². The lowest BCUT2D eigenvalue weighted by molar-refractivity contribution is 0.0691. The molecule has 0 unspecified atom stereocenters. The fraction of sp³-hybridized carbons (Fsp3) is 0.462. The van der Waals surface area contributed by atoms with Gasteiger partial charge in [0.1, 0.15) is 5.82 Å². The molecule has 0 aliphatic heterocycles. The molecular weight excluding hydrogens is 287 g/mol. The number of rotatable bonds is 7. The smallest absolute Gasteiger partial charge is 0.338 e. The van der Waals surface area contributed by atoms with E-state index in [1.807, 2.05) is 6.92 Å². The molecule has 0 amide bonds. The molecule has 0 fully saturated rings. The lowest BCUT2D eigenvalue weighted by atomic mass is 10.1. The van der Waals surface area contributed by atoms with Crippen LogP contribution in [0.15, 0.2) is 17.0 Å². The Kier molecular flexibility index (Phi) is 5.64. The third-order valence-corrected chi connectivity index (χ3v) is 4.32. The number of sulfone groups is 1. The van der Waals surface area contributed by atoms with E-state index in [0.29, 0.717) is 6.61 Å². The van der Waals surface area contributed by atoms with Crippen molar-refractivity contribution in [1.82, 2.24) is 0 Å². The van der Waals surface area contributed by atoms with E-state index < -0.39 is 27.2 Å². The van der Waals surface area contributed by atoms with Gasteiger partial charge >= 0.3 is 5.97 Å². The average Bonchev–Trinajstić information content (AvgIpc) is 2.37. The van der Waals surface area contributed by atoms with E-state index in [0.717, 1.165) is 18.6 Å². The number of ether oxygens (including phenoxy) is 1. The van der Waals surface area contributed by atoms with Crippen LogP contribution in [0.2, 0.25) is 0 Å². The molecule has 20 heavy (non-hydrogen) atoms. The third kappa shape index (κ3) is 4.01. The molecule has 0 aliphatic carbocycles. The van der Waals surface area contributed by atoms with Crippen LogP contribution in [0.5, 0.6) is 0 Å². The second-order valence-electron chi connectivity index (χ2n) is 4.34. The fourth-order valence-corrected chi connectivity index (χ4v) is 2.83. The Morgan fingerprint density at radius 1 is 1.35 bits per heavy atom. The van der Waals surface area contributed by atoms with Crippen molar-refractivity contribution in [3.05, 3.63) is 29.1 Å². The highest BCUT2D eigenvalue weighted by atomic mass is 32.2. The second kappa shape index (κ2) is 6.81. The molecule has 1 N–H and O–H groups in total. The van der Waals surface area contributed by atoms with Crippen LogP contribution in [0, 0.1) is 12.7 Å². The van der Waals surface area contributed by atoms with Crippen molar-refractivity contribution in [3.63, 3.8) is 0 Å². The summed E-state index contributed by atoms with van der Waals surface area (Å²) in [6.07, 6.45) is 0.777. The standard InChI is InChI=1S/C13H17FO5S/c1-3-4-19-5-6-20(17,18)10-7-9(2)12(14)11(8-10)13(15)16/h7-8H,3-6H2,1-2H3,(H,15,16). The van der Waals surface area contributed by atoms with Crippen LogP contribution < -0.4 is 0 Å². The summed E-state index contributed by atoms with van der Waals surface area (Å²) in [6, 6.07) is 1.98. The summed E-state index contributed by atoms with van der Waals surface area (Å²) in [5.74, 6) is -2.68. The minimum atomic E-state index is -3.69. The second-order valence-corrected chi connectivity index (χ2v) is 6.45. The Labute approximate surface area is 117 Å². The van der Waals surface area contributed by atoms with E-state index >= 15 is 0 Å². The summed E-state index contributed by atoms with van der Waals surface area (Å²) < 4.78 is 42.8. The summed E-state index contributed by atoms with van der Waals surface area (Å²) in [4.78, 5) is 10.7.